The fraction of sp³-hybridized carbons (Fsp3) is 0.318. The van der Waals surface area contributed by atoms with Gasteiger partial charge in [-0.2, -0.15) is 0 Å². The van der Waals surface area contributed by atoms with E-state index in [1.54, 1.807) is 11.3 Å². The quantitative estimate of drug-likeness (QED) is 0.686. The molecule has 0 spiro atoms. The molecule has 3 saturated heterocycles. The molecule has 3 aromatic rings. The van der Waals surface area contributed by atoms with Crippen LogP contribution in [-0.2, 0) is 0 Å². The molecular weight excluding hydrogens is 376 g/mol. The third kappa shape index (κ3) is 3.62. The minimum atomic E-state index is 0. The number of nitrogens with one attached hydrogen (secondary N) is 1. The van der Waals surface area contributed by atoms with Crippen LogP contribution >= 0.6 is 23.7 Å². The van der Waals surface area contributed by atoms with Gasteiger partial charge in [0.05, 0.1) is 4.88 Å². The SMILES string of the molecule is Cl.O=C(N[C@H]1CN2CCC1CC2)c1cc2cc(-c3ccccc3)ccc2s1. The Hall–Kier alpha value is -1.88. The molecule has 140 valence electrons. The van der Waals surface area contributed by atoms with Crippen LogP contribution in [0.2, 0.25) is 0 Å². The van der Waals surface area contributed by atoms with Crippen molar-refractivity contribution in [2.24, 2.45) is 5.92 Å². The van der Waals surface area contributed by atoms with E-state index in [1.165, 1.54) is 41.8 Å². The van der Waals surface area contributed by atoms with Gasteiger partial charge in [0.25, 0.3) is 5.91 Å². The lowest BCUT2D eigenvalue weighted by molar-refractivity contribution is 0.0622. The van der Waals surface area contributed by atoms with Crippen LogP contribution in [0.1, 0.15) is 22.5 Å². The van der Waals surface area contributed by atoms with E-state index in [0.717, 1.165) is 16.8 Å². The van der Waals surface area contributed by atoms with Crippen LogP contribution in [0.15, 0.2) is 54.6 Å². The monoisotopic (exact) mass is 398 g/mol. The van der Waals surface area contributed by atoms with Crippen LogP contribution in [0.3, 0.4) is 0 Å². The number of piperidine rings is 3. The molecular formula is C22H23ClN2OS. The Bertz CT molecular complexity index is 947. The van der Waals surface area contributed by atoms with Gasteiger partial charge in [0.2, 0.25) is 0 Å². The van der Waals surface area contributed by atoms with Crippen molar-refractivity contribution < 1.29 is 4.79 Å². The van der Waals surface area contributed by atoms with Gasteiger partial charge in [-0.25, -0.2) is 0 Å². The van der Waals surface area contributed by atoms with Crippen molar-refractivity contribution in [1.29, 1.82) is 0 Å². The molecule has 2 aromatic carbocycles. The molecule has 2 bridgehead atoms. The van der Waals surface area contributed by atoms with Gasteiger partial charge in [0.1, 0.15) is 0 Å². The summed E-state index contributed by atoms with van der Waals surface area (Å²) in [6.07, 6.45) is 2.44. The number of hydrogen-bond acceptors (Lipinski definition) is 3. The summed E-state index contributed by atoms with van der Waals surface area (Å²) in [5.74, 6) is 0.745. The highest BCUT2D eigenvalue weighted by Crippen LogP contribution is 2.31. The number of hydrogen-bond donors (Lipinski definition) is 1. The van der Waals surface area contributed by atoms with Crippen molar-refractivity contribution in [2.45, 2.75) is 18.9 Å². The van der Waals surface area contributed by atoms with Gasteiger partial charge in [-0.1, -0.05) is 36.4 Å². The third-order valence-electron chi connectivity index (χ3n) is 5.82. The fourth-order valence-corrected chi connectivity index (χ4v) is 5.28. The molecule has 0 radical (unpaired) electrons. The van der Waals surface area contributed by atoms with Crippen molar-refractivity contribution >= 4 is 39.7 Å². The van der Waals surface area contributed by atoms with Crippen molar-refractivity contribution in [3.05, 3.63) is 59.5 Å². The molecule has 6 rings (SSSR count). The number of nitrogens with zero attached hydrogens (tertiary/aromatic N) is 1. The minimum Gasteiger partial charge on any atom is -0.347 e. The first-order valence-electron chi connectivity index (χ1n) is 9.38. The average Bonchev–Trinajstić information content (AvgIpc) is 3.13. The molecule has 4 heterocycles. The van der Waals surface area contributed by atoms with Crippen LogP contribution in [0, 0.1) is 5.92 Å². The molecule has 1 aromatic heterocycles. The molecule has 1 amide bonds. The zero-order valence-electron chi connectivity index (χ0n) is 15.1. The molecule has 3 fully saturated rings. The van der Waals surface area contributed by atoms with Gasteiger partial charge in [-0.15, -0.1) is 23.7 Å². The first kappa shape index (κ1) is 18.5. The van der Waals surface area contributed by atoms with Crippen LogP contribution in [0.25, 0.3) is 21.2 Å². The Morgan fingerprint density at radius 3 is 2.48 bits per heavy atom. The standard InChI is InChI=1S/C22H22N2OS.ClH/c25-22(23-19-14-24-10-8-16(19)9-11-24)21-13-18-12-17(6-7-20(18)26-21)15-4-2-1-3-5-15;/h1-7,12-13,16,19H,8-11,14H2,(H,23,25);1H/t19-;/m0./s1. The Morgan fingerprint density at radius 1 is 1.00 bits per heavy atom. The van der Waals surface area contributed by atoms with Gasteiger partial charge >= 0.3 is 0 Å². The largest absolute Gasteiger partial charge is 0.347 e. The van der Waals surface area contributed by atoms with E-state index >= 15 is 0 Å². The van der Waals surface area contributed by atoms with Gasteiger partial charge in [-0.05, 0) is 66.6 Å². The second-order valence-corrected chi connectivity index (χ2v) is 8.53. The number of fused-ring (bicyclic) bond motifs is 4. The molecule has 5 heteroatoms. The average molecular weight is 399 g/mol. The first-order valence-corrected chi connectivity index (χ1v) is 10.2. The molecule has 0 saturated carbocycles. The highest BCUT2D eigenvalue weighted by atomic mass is 35.5. The van der Waals surface area contributed by atoms with E-state index in [9.17, 15) is 4.79 Å². The normalized spacial score (nSPS) is 23.8. The minimum absolute atomic E-state index is 0. The number of amides is 1. The van der Waals surface area contributed by atoms with E-state index in [-0.39, 0.29) is 18.3 Å². The lowest BCUT2D eigenvalue weighted by Gasteiger charge is -2.44. The summed E-state index contributed by atoms with van der Waals surface area (Å²) in [5, 5.41) is 4.45. The van der Waals surface area contributed by atoms with Gasteiger partial charge in [0, 0.05) is 17.3 Å². The Morgan fingerprint density at radius 2 is 1.78 bits per heavy atom. The van der Waals surface area contributed by atoms with Crippen molar-refractivity contribution in [1.82, 2.24) is 10.2 Å². The molecule has 3 aliphatic rings. The lowest BCUT2D eigenvalue weighted by Crippen LogP contribution is -2.57. The molecule has 0 aliphatic carbocycles. The number of carbonyl (C=O) groups excluding carboxylic acids is 1. The van der Waals surface area contributed by atoms with E-state index < -0.39 is 0 Å². The Balaban J connectivity index is 0.00000180. The Labute approximate surface area is 169 Å². The summed E-state index contributed by atoms with van der Waals surface area (Å²) >= 11 is 1.59. The van der Waals surface area contributed by atoms with Gasteiger partial charge < -0.3 is 10.2 Å². The van der Waals surface area contributed by atoms with E-state index in [4.69, 9.17) is 0 Å². The number of carbonyl (C=O) groups is 1. The molecule has 1 atom stereocenters. The summed E-state index contributed by atoms with van der Waals surface area (Å²) in [6, 6.07) is 19.2. The van der Waals surface area contributed by atoms with Gasteiger partial charge in [0.15, 0.2) is 0 Å². The van der Waals surface area contributed by atoms with E-state index in [2.05, 4.69) is 52.7 Å². The second-order valence-electron chi connectivity index (χ2n) is 7.45. The van der Waals surface area contributed by atoms with Crippen molar-refractivity contribution in [3.8, 4) is 11.1 Å². The first-order chi connectivity index (χ1) is 12.8. The number of rotatable bonds is 3. The van der Waals surface area contributed by atoms with Crippen molar-refractivity contribution in [2.75, 3.05) is 19.6 Å². The van der Waals surface area contributed by atoms with E-state index in [0.29, 0.717) is 12.0 Å². The lowest BCUT2D eigenvalue weighted by atomic mass is 9.84. The number of halogens is 1. The topological polar surface area (TPSA) is 32.3 Å². The van der Waals surface area contributed by atoms with Crippen LogP contribution in [-0.4, -0.2) is 36.5 Å². The van der Waals surface area contributed by atoms with Crippen LogP contribution < -0.4 is 5.32 Å². The summed E-state index contributed by atoms with van der Waals surface area (Å²) in [7, 11) is 0. The van der Waals surface area contributed by atoms with Crippen LogP contribution in [0.4, 0.5) is 0 Å². The fourth-order valence-electron chi connectivity index (χ4n) is 4.33. The smallest absolute Gasteiger partial charge is 0.261 e. The predicted molar refractivity (Wildman–Crippen MR) is 115 cm³/mol. The molecule has 27 heavy (non-hydrogen) atoms. The molecule has 3 aliphatic heterocycles. The maximum atomic E-state index is 12.8. The van der Waals surface area contributed by atoms with Crippen molar-refractivity contribution in [3.63, 3.8) is 0 Å². The van der Waals surface area contributed by atoms with Crippen LogP contribution in [0.5, 0.6) is 0 Å². The maximum absolute atomic E-state index is 12.8. The van der Waals surface area contributed by atoms with E-state index in [1.807, 2.05) is 12.1 Å². The highest BCUT2D eigenvalue weighted by Gasteiger charge is 2.35. The third-order valence-corrected chi connectivity index (χ3v) is 6.93. The molecule has 3 nitrogen and oxygen atoms in total. The zero-order chi connectivity index (χ0) is 17.5. The van der Waals surface area contributed by atoms with Gasteiger partial charge in [-0.3, -0.25) is 4.79 Å². The summed E-state index contributed by atoms with van der Waals surface area (Å²) in [6.45, 7) is 3.41. The maximum Gasteiger partial charge on any atom is 0.261 e. The molecule has 0 unspecified atom stereocenters. The second kappa shape index (κ2) is 7.63. The molecule has 1 N–H and O–H groups in total. The summed E-state index contributed by atoms with van der Waals surface area (Å²) < 4.78 is 1.17. The summed E-state index contributed by atoms with van der Waals surface area (Å²) in [4.78, 5) is 16.1. The predicted octanol–water partition coefficient (Wildman–Crippen LogP) is 4.81. The zero-order valence-corrected chi connectivity index (χ0v) is 16.7. The number of thiophene rings is 1. The Kier molecular flexibility index (Phi) is 5.22. The number of benzene rings is 2. The highest BCUT2D eigenvalue weighted by molar-refractivity contribution is 7.20. The summed E-state index contributed by atoms with van der Waals surface area (Å²) in [5.41, 5.74) is 2.40.